The van der Waals surface area contributed by atoms with Crippen molar-refractivity contribution in [3.05, 3.63) is 0 Å². The summed E-state index contributed by atoms with van der Waals surface area (Å²) < 4.78 is 0. The van der Waals surface area contributed by atoms with E-state index in [-0.39, 0.29) is 23.7 Å². The first-order valence-corrected chi connectivity index (χ1v) is 7.16. The highest BCUT2D eigenvalue weighted by Gasteiger charge is 2.24. The van der Waals surface area contributed by atoms with Gasteiger partial charge in [0.25, 0.3) is 0 Å². The fourth-order valence-corrected chi connectivity index (χ4v) is 2.65. The van der Waals surface area contributed by atoms with Crippen LogP contribution in [0.1, 0.15) is 33.6 Å². The molecule has 0 aromatic rings. The Morgan fingerprint density at radius 3 is 2.63 bits per heavy atom. The number of nitrogens with two attached hydrogens (primary N) is 1. The van der Waals surface area contributed by atoms with Crippen molar-refractivity contribution in [3.8, 4) is 0 Å². The van der Waals surface area contributed by atoms with Crippen LogP contribution in [0.3, 0.4) is 0 Å². The molecule has 2 atom stereocenters. The molecule has 3 N–H and O–H groups in total. The topological polar surface area (TPSA) is 75.4 Å². The zero-order chi connectivity index (χ0) is 14.4. The van der Waals surface area contributed by atoms with Crippen molar-refractivity contribution in [2.24, 2.45) is 17.6 Å². The van der Waals surface area contributed by atoms with E-state index in [1.807, 2.05) is 13.8 Å². The lowest BCUT2D eigenvalue weighted by Crippen LogP contribution is -2.49. The molecule has 1 amide bonds. The lowest BCUT2D eigenvalue weighted by molar-refractivity contribution is -0.128. The van der Waals surface area contributed by atoms with Crippen LogP contribution in [0.25, 0.3) is 0 Å². The lowest BCUT2D eigenvalue weighted by atomic mass is 9.98. The van der Waals surface area contributed by atoms with Gasteiger partial charge in [0, 0.05) is 6.54 Å². The number of hydrogen-bond acceptors (Lipinski definition) is 4. The zero-order valence-electron chi connectivity index (χ0n) is 12.3. The van der Waals surface area contributed by atoms with Crippen LogP contribution in [0.15, 0.2) is 0 Å². The summed E-state index contributed by atoms with van der Waals surface area (Å²) in [6.45, 7) is 8.28. The highest BCUT2D eigenvalue weighted by Crippen LogP contribution is 2.14. The summed E-state index contributed by atoms with van der Waals surface area (Å²) in [4.78, 5) is 25.6. The molecule has 0 radical (unpaired) electrons. The first-order valence-electron chi connectivity index (χ1n) is 7.16. The Labute approximate surface area is 115 Å². The van der Waals surface area contributed by atoms with Crippen molar-refractivity contribution in [3.63, 3.8) is 0 Å². The summed E-state index contributed by atoms with van der Waals surface area (Å²) in [6, 6.07) is -0.373. The molecule has 5 heteroatoms. The normalized spacial score (nSPS) is 22.3. The molecule has 1 aliphatic rings. The summed E-state index contributed by atoms with van der Waals surface area (Å²) in [5.41, 5.74) is 5.68. The highest BCUT2D eigenvalue weighted by molar-refractivity contribution is 5.88. The quantitative estimate of drug-likeness (QED) is 0.731. The molecule has 0 aromatic heterocycles. The average Bonchev–Trinajstić information content (AvgIpc) is 2.35. The van der Waals surface area contributed by atoms with E-state index in [1.54, 1.807) is 0 Å². The summed E-state index contributed by atoms with van der Waals surface area (Å²) >= 11 is 0. The maximum atomic E-state index is 12.0. The number of rotatable bonds is 6. The Hall–Kier alpha value is -0.940. The Bertz CT molecular complexity index is 318. The molecule has 1 heterocycles. The van der Waals surface area contributed by atoms with E-state index >= 15 is 0 Å². The summed E-state index contributed by atoms with van der Waals surface area (Å²) in [6.07, 6.45) is 2.24. The van der Waals surface area contributed by atoms with Crippen LogP contribution in [0, 0.1) is 11.8 Å². The molecule has 0 spiro atoms. The number of carbonyl (C=O) groups excluding carboxylic acids is 2. The van der Waals surface area contributed by atoms with Crippen LogP contribution in [0.4, 0.5) is 0 Å². The molecule has 1 rings (SSSR count). The number of ketones is 1. The molecule has 0 bridgehead atoms. The standard InChI is InChI=1S/C14H27N3O2/c1-10(2)14(11(3)18)16-13(19)9-17-6-4-5-12(7-15)8-17/h10,12,14H,4-9,15H2,1-3H3,(H,16,19). The maximum absolute atomic E-state index is 12.0. The van der Waals surface area contributed by atoms with Gasteiger partial charge in [0.05, 0.1) is 12.6 Å². The number of piperidine rings is 1. The van der Waals surface area contributed by atoms with Crippen LogP contribution >= 0.6 is 0 Å². The summed E-state index contributed by atoms with van der Waals surface area (Å²) in [5, 5.41) is 2.83. The second-order valence-electron chi connectivity index (χ2n) is 5.88. The van der Waals surface area contributed by atoms with Crippen LogP contribution in [-0.4, -0.2) is 48.8 Å². The number of hydrogen-bond donors (Lipinski definition) is 2. The molecule has 1 fully saturated rings. The summed E-state index contributed by atoms with van der Waals surface area (Å²) in [5.74, 6) is 0.572. The van der Waals surface area contributed by atoms with E-state index in [1.165, 1.54) is 6.92 Å². The Morgan fingerprint density at radius 1 is 1.42 bits per heavy atom. The molecule has 0 aromatic carbocycles. The SMILES string of the molecule is CC(=O)C(NC(=O)CN1CCCC(CN)C1)C(C)C. The summed E-state index contributed by atoms with van der Waals surface area (Å²) in [7, 11) is 0. The third-order valence-electron chi connectivity index (χ3n) is 3.72. The van der Waals surface area contributed by atoms with Gasteiger partial charge in [-0.15, -0.1) is 0 Å². The monoisotopic (exact) mass is 269 g/mol. The predicted molar refractivity (Wildman–Crippen MR) is 75.7 cm³/mol. The molecule has 0 aliphatic carbocycles. The van der Waals surface area contributed by atoms with Gasteiger partial charge in [-0.25, -0.2) is 0 Å². The maximum Gasteiger partial charge on any atom is 0.234 e. The molecule has 19 heavy (non-hydrogen) atoms. The van der Waals surface area contributed by atoms with Crippen molar-refractivity contribution in [2.45, 2.75) is 39.7 Å². The molecular formula is C14H27N3O2. The van der Waals surface area contributed by atoms with Crippen LogP contribution < -0.4 is 11.1 Å². The Kier molecular flexibility index (Phi) is 6.45. The van der Waals surface area contributed by atoms with Gasteiger partial charge in [-0.05, 0) is 44.7 Å². The van der Waals surface area contributed by atoms with Gasteiger partial charge in [-0.3, -0.25) is 14.5 Å². The van der Waals surface area contributed by atoms with Crippen LogP contribution in [0.5, 0.6) is 0 Å². The van der Waals surface area contributed by atoms with E-state index in [4.69, 9.17) is 5.73 Å². The van der Waals surface area contributed by atoms with Gasteiger partial charge in [0.1, 0.15) is 0 Å². The highest BCUT2D eigenvalue weighted by atomic mass is 16.2. The molecule has 5 nitrogen and oxygen atoms in total. The van der Waals surface area contributed by atoms with Crippen molar-refractivity contribution < 1.29 is 9.59 Å². The van der Waals surface area contributed by atoms with Gasteiger partial charge in [-0.2, -0.15) is 0 Å². The van der Waals surface area contributed by atoms with Crippen LogP contribution in [-0.2, 0) is 9.59 Å². The van der Waals surface area contributed by atoms with Crippen LogP contribution in [0.2, 0.25) is 0 Å². The molecule has 2 unspecified atom stereocenters. The second-order valence-corrected chi connectivity index (χ2v) is 5.88. The van der Waals surface area contributed by atoms with Crippen molar-refractivity contribution in [2.75, 3.05) is 26.2 Å². The minimum absolute atomic E-state index is 0.0156. The first kappa shape index (κ1) is 16.1. The Morgan fingerprint density at radius 2 is 2.11 bits per heavy atom. The second kappa shape index (κ2) is 7.60. The fourth-order valence-electron chi connectivity index (χ4n) is 2.65. The molecule has 1 saturated heterocycles. The van der Waals surface area contributed by atoms with Gasteiger partial charge < -0.3 is 11.1 Å². The van der Waals surface area contributed by atoms with Crippen molar-refractivity contribution in [1.82, 2.24) is 10.2 Å². The van der Waals surface area contributed by atoms with Gasteiger partial charge in [0.2, 0.25) is 5.91 Å². The number of nitrogens with one attached hydrogen (secondary N) is 1. The van der Waals surface area contributed by atoms with Crippen molar-refractivity contribution in [1.29, 1.82) is 0 Å². The zero-order valence-corrected chi connectivity index (χ0v) is 12.3. The molecular weight excluding hydrogens is 242 g/mol. The van der Waals surface area contributed by atoms with E-state index in [9.17, 15) is 9.59 Å². The first-order chi connectivity index (χ1) is 8.93. The smallest absolute Gasteiger partial charge is 0.234 e. The van der Waals surface area contributed by atoms with Gasteiger partial charge in [0.15, 0.2) is 5.78 Å². The average molecular weight is 269 g/mol. The third kappa shape index (κ3) is 5.28. The van der Waals surface area contributed by atoms with E-state index in [0.717, 1.165) is 25.9 Å². The predicted octanol–water partition coefficient (Wildman–Crippen LogP) is 0.387. The number of nitrogens with zero attached hydrogens (tertiary/aromatic N) is 1. The van der Waals surface area contributed by atoms with E-state index in [0.29, 0.717) is 19.0 Å². The number of Topliss-reactive ketones (excluding diaryl/α,β-unsaturated/α-hetero) is 1. The van der Waals surface area contributed by atoms with Gasteiger partial charge in [-0.1, -0.05) is 13.8 Å². The number of likely N-dealkylation sites (tertiary alicyclic amines) is 1. The van der Waals surface area contributed by atoms with Gasteiger partial charge >= 0.3 is 0 Å². The minimum atomic E-state index is -0.373. The molecule has 0 saturated carbocycles. The molecule has 110 valence electrons. The Balaban J connectivity index is 2.43. The fraction of sp³-hybridized carbons (Fsp3) is 0.857. The number of amides is 1. The lowest BCUT2D eigenvalue weighted by Gasteiger charge is -2.32. The third-order valence-corrected chi connectivity index (χ3v) is 3.72. The van der Waals surface area contributed by atoms with Crippen molar-refractivity contribution >= 4 is 11.7 Å². The minimum Gasteiger partial charge on any atom is -0.345 e. The van der Waals surface area contributed by atoms with E-state index < -0.39 is 0 Å². The number of carbonyl (C=O) groups is 2. The van der Waals surface area contributed by atoms with E-state index in [2.05, 4.69) is 10.2 Å². The molecule has 1 aliphatic heterocycles. The largest absolute Gasteiger partial charge is 0.345 e.